The summed E-state index contributed by atoms with van der Waals surface area (Å²) in [7, 11) is 3.41. The van der Waals surface area contributed by atoms with E-state index in [1.165, 1.54) is 14.7 Å². The van der Waals surface area contributed by atoms with E-state index in [2.05, 4.69) is 29.3 Å². The largest absolute Gasteiger partial charge is 0.332 e. The van der Waals surface area contributed by atoms with Gasteiger partial charge in [-0.15, -0.1) is 0 Å². The van der Waals surface area contributed by atoms with E-state index >= 15 is 0 Å². The third kappa shape index (κ3) is 3.83. The predicted octanol–water partition coefficient (Wildman–Crippen LogP) is 2.27. The SMILES string of the molecule is Cn1cnc2c1c(=O)n(CCCSCC=Cc1ccccc1)c(=O)n2C. The molecule has 0 bridgehead atoms. The Morgan fingerprint density at radius 3 is 2.69 bits per heavy atom. The third-order valence-corrected chi connectivity index (χ3v) is 5.20. The van der Waals surface area contributed by atoms with E-state index < -0.39 is 0 Å². The number of benzene rings is 1. The van der Waals surface area contributed by atoms with E-state index in [0.717, 1.165) is 17.9 Å². The highest BCUT2D eigenvalue weighted by molar-refractivity contribution is 7.99. The van der Waals surface area contributed by atoms with Crippen molar-refractivity contribution in [3.8, 4) is 0 Å². The summed E-state index contributed by atoms with van der Waals surface area (Å²) >= 11 is 1.79. The van der Waals surface area contributed by atoms with Crippen LogP contribution in [0.2, 0.25) is 0 Å². The molecule has 2 aromatic heterocycles. The maximum Gasteiger partial charge on any atom is 0.332 e. The molecule has 0 radical (unpaired) electrons. The van der Waals surface area contributed by atoms with Crippen molar-refractivity contribution in [2.75, 3.05) is 11.5 Å². The molecule has 0 aliphatic heterocycles. The van der Waals surface area contributed by atoms with Gasteiger partial charge in [-0.2, -0.15) is 11.8 Å². The fraction of sp³-hybridized carbons (Fsp3) is 0.316. The Morgan fingerprint density at radius 1 is 1.15 bits per heavy atom. The average Bonchev–Trinajstić information content (AvgIpc) is 3.04. The molecule has 0 atom stereocenters. The molecule has 136 valence electrons. The number of fused-ring (bicyclic) bond motifs is 1. The van der Waals surface area contributed by atoms with E-state index in [-0.39, 0.29) is 11.2 Å². The van der Waals surface area contributed by atoms with Gasteiger partial charge in [-0.05, 0) is 17.7 Å². The highest BCUT2D eigenvalue weighted by atomic mass is 32.2. The topological polar surface area (TPSA) is 61.8 Å². The monoisotopic (exact) mass is 370 g/mol. The lowest BCUT2D eigenvalue weighted by atomic mass is 10.2. The van der Waals surface area contributed by atoms with Crippen LogP contribution in [0.25, 0.3) is 17.2 Å². The molecule has 0 saturated carbocycles. The fourth-order valence-electron chi connectivity index (χ4n) is 2.82. The first-order valence-corrected chi connectivity index (χ1v) is 9.65. The molecule has 6 nitrogen and oxygen atoms in total. The van der Waals surface area contributed by atoms with Crippen LogP contribution in [0.15, 0.2) is 52.3 Å². The van der Waals surface area contributed by atoms with Crippen LogP contribution in [0.1, 0.15) is 12.0 Å². The molecule has 0 N–H and O–H groups in total. The molecule has 0 aliphatic carbocycles. The van der Waals surface area contributed by atoms with E-state index in [1.807, 2.05) is 18.2 Å². The zero-order valence-corrected chi connectivity index (χ0v) is 15.8. The Balaban J connectivity index is 1.57. The summed E-state index contributed by atoms with van der Waals surface area (Å²) in [5.74, 6) is 1.79. The van der Waals surface area contributed by atoms with E-state index in [0.29, 0.717) is 17.7 Å². The minimum atomic E-state index is -0.310. The molecular formula is C19H22N4O2S. The van der Waals surface area contributed by atoms with Gasteiger partial charge in [0, 0.05) is 26.4 Å². The lowest BCUT2D eigenvalue weighted by Gasteiger charge is -2.08. The third-order valence-electron chi connectivity index (χ3n) is 4.20. The van der Waals surface area contributed by atoms with Gasteiger partial charge in [-0.3, -0.25) is 13.9 Å². The number of thioether (sulfide) groups is 1. The molecule has 0 fully saturated rings. The predicted molar refractivity (Wildman–Crippen MR) is 108 cm³/mol. The molecule has 3 aromatic rings. The molecule has 26 heavy (non-hydrogen) atoms. The van der Waals surface area contributed by atoms with Crippen LogP contribution in [0.3, 0.4) is 0 Å². The Kier molecular flexibility index (Phi) is 5.78. The first-order chi connectivity index (χ1) is 12.6. The molecule has 0 saturated heterocycles. The van der Waals surface area contributed by atoms with Gasteiger partial charge >= 0.3 is 5.69 Å². The van der Waals surface area contributed by atoms with Crippen molar-refractivity contribution in [2.24, 2.45) is 14.1 Å². The molecule has 3 rings (SSSR count). The van der Waals surface area contributed by atoms with E-state index in [9.17, 15) is 9.59 Å². The van der Waals surface area contributed by atoms with Crippen molar-refractivity contribution < 1.29 is 0 Å². The first kappa shape index (κ1) is 18.3. The maximum absolute atomic E-state index is 12.6. The van der Waals surface area contributed by atoms with Crippen molar-refractivity contribution in [2.45, 2.75) is 13.0 Å². The van der Waals surface area contributed by atoms with Crippen LogP contribution in [-0.4, -0.2) is 30.2 Å². The molecule has 7 heteroatoms. The van der Waals surface area contributed by atoms with Crippen LogP contribution in [-0.2, 0) is 20.6 Å². The van der Waals surface area contributed by atoms with Gasteiger partial charge in [0.2, 0.25) is 0 Å². The van der Waals surface area contributed by atoms with Crippen molar-refractivity contribution in [1.82, 2.24) is 18.7 Å². The summed E-state index contributed by atoms with van der Waals surface area (Å²) in [6, 6.07) is 10.2. The van der Waals surface area contributed by atoms with Gasteiger partial charge in [0.05, 0.1) is 6.33 Å². The first-order valence-electron chi connectivity index (χ1n) is 8.50. The number of hydrogen-bond donors (Lipinski definition) is 0. The number of aromatic nitrogens is 4. The second-order valence-corrected chi connectivity index (χ2v) is 7.22. The second kappa shape index (κ2) is 8.23. The number of hydrogen-bond acceptors (Lipinski definition) is 4. The quantitative estimate of drug-likeness (QED) is 0.599. The number of imidazole rings is 1. The summed E-state index contributed by atoms with van der Waals surface area (Å²) in [5, 5.41) is 0. The lowest BCUT2D eigenvalue weighted by molar-refractivity contribution is 0.594. The van der Waals surface area contributed by atoms with Crippen LogP contribution >= 0.6 is 11.8 Å². The van der Waals surface area contributed by atoms with Crippen LogP contribution in [0.5, 0.6) is 0 Å². The minimum Gasteiger partial charge on any atom is -0.328 e. The zero-order chi connectivity index (χ0) is 18.5. The summed E-state index contributed by atoms with van der Waals surface area (Å²) < 4.78 is 4.41. The molecule has 1 aromatic carbocycles. The van der Waals surface area contributed by atoms with Crippen molar-refractivity contribution >= 4 is 29.0 Å². The number of nitrogens with zero attached hydrogens (tertiary/aromatic N) is 4. The Labute approximate surface area is 155 Å². The molecule has 0 spiro atoms. The van der Waals surface area contributed by atoms with Crippen LogP contribution in [0, 0.1) is 0 Å². The van der Waals surface area contributed by atoms with Crippen LogP contribution < -0.4 is 11.2 Å². The smallest absolute Gasteiger partial charge is 0.328 e. The fourth-order valence-corrected chi connectivity index (χ4v) is 3.55. The average molecular weight is 370 g/mol. The molecule has 0 aliphatic rings. The summed E-state index contributed by atoms with van der Waals surface area (Å²) in [4.78, 5) is 29.1. The van der Waals surface area contributed by atoms with E-state index in [4.69, 9.17) is 0 Å². The minimum absolute atomic E-state index is 0.267. The Hall–Kier alpha value is -2.54. The highest BCUT2D eigenvalue weighted by Crippen LogP contribution is 2.07. The molecule has 2 heterocycles. The molecule has 0 unspecified atom stereocenters. The van der Waals surface area contributed by atoms with Gasteiger partial charge in [0.15, 0.2) is 11.2 Å². The van der Waals surface area contributed by atoms with Crippen molar-refractivity contribution in [1.29, 1.82) is 0 Å². The second-order valence-electron chi connectivity index (χ2n) is 6.07. The van der Waals surface area contributed by atoms with Gasteiger partial charge in [0.1, 0.15) is 0 Å². The van der Waals surface area contributed by atoms with Crippen LogP contribution in [0.4, 0.5) is 0 Å². The summed E-state index contributed by atoms with van der Waals surface area (Å²) in [5.41, 5.74) is 1.50. The molecule has 0 amide bonds. The zero-order valence-electron chi connectivity index (χ0n) is 15.0. The normalized spacial score (nSPS) is 11.6. The van der Waals surface area contributed by atoms with Crippen molar-refractivity contribution in [3.63, 3.8) is 0 Å². The van der Waals surface area contributed by atoms with Gasteiger partial charge in [0.25, 0.3) is 5.56 Å². The lowest BCUT2D eigenvalue weighted by Crippen LogP contribution is -2.39. The summed E-state index contributed by atoms with van der Waals surface area (Å²) in [6.45, 7) is 0.419. The van der Waals surface area contributed by atoms with Crippen molar-refractivity contribution in [3.05, 3.63) is 69.1 Å². The van der Waals surface area contributed by atoms with Gasteiger partial charge in [-0.25, -0.2) is 9.78 Å². The standard InChI is InChI=1S/C19H22N4O2S/c1-21-14-20-17-16(21)18(24)23(19(25)22(17)2)11-7-13-26-12-6-10-15-8-4-3-5-9-15/h3-6,8-10,14H,7,11-13H2,1-2H3. The van der Waals surface area contributed by atoms with Gasteiger partial charge < -0.3 is 4.57 Å². The highest BCUT2D eigenvalue weighted by Gasteiger charge is 2.14. The molecular weight excluding hydrogens is 348 g/mol. The maximum atomic E-state index is 12.6. The van der Waals surface area contributed by atoms with Gasteiger partial charge in [-0.1, -0.05) is 42.5 Å². The summed E-state index contributed by atoms with van der Waals surface area (Å²) in [6.07, 6.45) is 6.56. The Bertz CT molecular complexity index is 1030. The number of rotatable bonds is 7. The Morgan fingerprint density at radius 2 is 1.92 bits per heavy atom. The number of aryl methyl sites for hydroxylation is 2. The van der Waals surface area contributed by atoms with E-state index in [1.54, 1.807) is 36.8 Å².